The molecule has 1 aromatic rings. The third-order valence-corrected chi connectivity index (χ3v) is 4.95. The van der Waals surface area contributed by atoms with Crippen molar-refractivity contribution < 1.29 is 18.0 Å². The first-order valence-electron chi connectivity index (χ1n) is 9.46. The molecule has 1 aliphatic carbocycles. The van der Waals surface area contributed by atoms with Crippen LogP contribution in [0.1, 0.15) is 45.2 Å². The number of alkyl halides is 3. The zero-order valence-corrected chi connectivity index (χ0v) is 15.7. The van der Waals surface area contributed by atoms with Crippen LogP contribution >= 0.6 is 0 Å². The van der Waals surface area contributed by atoms with Crippen molar-refractivity contribution in [2.75, 3.05) is 24.5 Å². The summed E-state index contributed by atoms with van der Waals surface area (Å²) in [5.74, 6) is 0.722. The van der Waals surface area contributed by atoms with Gasteiger partial charge in [0, 0.05) is 37.8 Å². The van der Waals surface area contributed by atoms with Gasteiger partial charge in [0.2, 0.25) is 0 Å². The van der Waals surface area contributed by atoms with E-state index in [0.29, 0.717) is 31.4 Å². The number of aromatic nitrogens is 2. The van der Waals surface area contributed by atoms with Gasteiger partial charge < -0.3 is 15.1 Å². The minimum Gasteiger partial charge on any atom is -0.350 e. The third kappa shape index (κ3) is 5.01. The normalized spacial score (nSPS) is 18.7. The highest BCUT2D eigenvalue weighted by Crippen LogP contribution is 2.37. The Morgan fingerprint density at radius 3 is 2.41 bits per heavy atom. The first kappa shape index (κ1) is 19.7. The van der Waals surface area contributed by atoms with Crippen LogP contribution in [0.15, 0.2) is 12.4 Å². The van der Waals surface area contributed by atoms with E-state index >= 15 is 0 Å². The molecule has 9 heteroatoms. The summed E-state index contributed by atoms with van der Waals surface area (Å²) in [7, 11) is 0. The standard InChI is InChI=1S/C18H26F3N5O/c1-12(2)10-22-17(27)25-7-5-14(6-8-25)26(13-3-4-13)16-9-15(18(19,20)21)23-11-24-16/h9,11-14H,3-8,10H2,1-2H3,(H,22,27). The van der Waals surface area contributed by atoms with Crippen LogP contribution < -0.4 is 10.2 Å². The lowest BCUT2D eigenvalue weighted by Gasteiger charge is -2.39. The molecule has 1 N–H and O–H groups in total. The average Bonchev–Trinajstić information content (AvgIpc) is 3.45. The number of carbonyl (C=O) groups excluding carboxylic acids is 1. The highest BCUT2D eigenvalue weighted by molar-refractivity contribution is 5.74. The van der Waals surface area contributed by atoms with Gasteiger partial charge in [0.25, 0.3) is 0 Å². The van der Waals surface area contributed by atoms with Gasteiger partial charge >= 0.3 is 12.2 Å². The third-order valence-electron chi connectivity index (χ3n) is 4.95. The topological polar surface area (TPSA) is 61.4 Å². The number of halogens is 3. The Morgan fingerprint density at radius 2 is 1.85 bits per heavy atom. The summed E-state index contributed by atoms with van der Waals surface area (Å²) < 4.78 is 39.0. The van der Waals surface area contributed by atoms with Crippen LogP contribution in [0.5, 0.6) is 0 Å². The second-order valence-electron chi connectivity index (χ2n) is 7.70. The maximum absolute atomic E-state index is 13.0. The molecule has 0 atom stereocenters. The van der Waals surface area contributed by atoms with E-state index in [2.05, 4.69) is 15.3 Å². The average molecular weight is 385 g/mol. The van der Waals surface area contributed by atoms with E-state index in [4.69, 9.17) is 0 Å². The van der Waals surface area contributed by atoms with E-state index in [1.54, 1.807) is 4.90 Å². The molecule has 3 rings (SSSR count). The van der Waals surface area contributed by atoms with Gasteiger partial charge in [-0.25, -0.2) is 14.8 Å². The summed E-state index contributed by atoms with van der Waals surface area (Å²) in [5, 5.41) is 2.91. The number of nitrogens with zero attached hydrogens (tertiary/aromatic N) is 4. The number of anilines is 1. The summed E-state index contributed by atoms with van der Waals surface area (Å²) in [5.41, 5.74) is -0.913. The molecule has 0 aromatic carbocycles. The monoisotopic (exact) mass is 385 g/mol. The van der Waals surface area contributed by atoms with Gasteiger partial charge in [-0.15, -0.1) is 0 Å². The molecule has 1 aliphatic heterocycles. The zero-order valence-electron chi connectivity index (χ0n) is 15.7. The van der Waals surface area contributed by atoms with Crippen molar-refractivity contribution in [3.05, 3.63) is 18.1 Å². The molecule has 27 heavy (non-hydrogen) atoms. The Kier molecular flexibility index (Phi) is 5.76. The van der Waals surface area contributed by atoms with Crippen LogP contribution in [0.4, 0.5) is 23.8 Å². The lowest BCUT2D eigenvalue weighted by molar-refractivity contribution is -0.141. The van der Waals surface area contributed by atoms with Crippen molar-refractivity contribution in [1.29, 1.82) is 0 Å². The molecule has 0 radical (unpaired) electrons. The van der Waals surface area contributed by atoms with Gasteiger partial charge in [-0.3, -0.25) is 0 Å². The molecule has 2 aliphatic rings. The summed E-state index contributed by atoms with van der Waals surface area (Å²) in [6, 6.07) is 1.29. The molecule has 2 heterocycles. The van der Waals surface area contributed by atoms with E-state index in [1.165, 1.54) is 0 Å². The molecule has 150 valence electrons. The number of piperidine rings is 1. The number of nitrogens with one attached hydrogen (secondary N) is 1. The number of urea groups is 1. The number of likely N-dealkylation sites (tertiary alicyclic amines) is 1. The number of rotatable bonds is 5. The van der Waals surface area contributed by atoms with Gasteiger partial charge in [-0.05, 0) is 31.6 Å². The first-order chi connectivity index (χ1) is 12.8. The molecular weight excluding hydrogens is 359 g/mol. The minimum absolute atomic E-state index is 0.0680. The summed E-state index contributed by atoms with van der Waals surface area (Å²) in [6.45, 7) is 5.89. The second kappa shape index (κ2) is 7.90. The Hall–Kier alpha value is -2.06. The van der Waals surface area contributed by atoms with Gasteiger partial charge in [0.15, 0.2) is 0 Å². The Bertz CT molecular complexity index is 655. The summed E-state index contributed by atoms with van der Waals surface area (Å²) >= 11 is 0. The van der Waals surface area contributed by atoms with E-state index < -0.39 is 11.9 Å². The molecule has 0 bridgehead atoms. The van der Waals surface area contributed by atoms with Crippen LogP contribution in [-0.4, -0.2) is 52.6 Å². The van der Waals surface area contributed by atoms with Gasteiger partial charge in [0.1, 0.15) is 17.8 Å². The Balaban J connectivity index is 1.65. The quantitative estimate of drug-likeness (QED) is 0.845. The van der Waals surface area contributed by atoms with Crippen molar-refractivity contribution in [3.8, 4) is 0 Å². The molecule has 1 aromatic heterocycles. The van der Waals surface area contributed by atoms with Crippen LogP contribution in [0.2, 0.25) is 0 Å². The van der Waals surface area contributed by atoms with Crippen molar-refractivity contribution >= 4 is 11.8 Å². The fourth-order valence-corrected chi connectivity index (χ4v) is 3.42. The lowest BCUT2D eigenvalue weighted by Crippen LogP contribution is -2.50. The fourth-order valence-electron chi connectivity index (χ4n) is 3.42. The number of hydrogen-bond acceptors (Lipinski definition) is 4. The Morgan fingerprint density at radius 1 is 1.22 bits per heavy atom. The van der Waals surface area contributed by atoms with Crippen molar-refractivity contribution in [1.82, 2.24) is 20.2 Å². The van der Waals surface area contributed by atoms with Crippen LogP contribution in [0.25, 0.3) is 0 Å². The molecule has 1 saturated heterocycles. The molecule has 1 saturated carbocycles. The summed E-state index contributed by atoms with van der Waals surface area (Å²) in [4.78, 5) is 23.5. The summed E-state index contributed by atoms with van der Waals surface area (Å²) in [6.07, 6.45) is -0.137. The SMILES string of the molecule is CC(C)CNC(=O)N1CCC(N(c2cc(C(F)(F)F)ncn2)C2CC2)CC1. The first-order valence-corrected chi connectivity index (χ1v) is 9.46. The lowest BCUT2D eigenvalue weighted by atomic mass is 10.0. The Labute approximate surface area is 157 Å². The molecule has 0 unspecified atom stereocenters. The largest absolute Gasteiger partial charge is 0.433 e. The van der Waals surface area contributed by atoms with Crippen molar-refractivity contribution in [3.63, 3.8) is 0 Å². The maximum Gasteiger partial charge on any atom is 0.433 e. The fraction of sp³-hybridized carbons (Fsp3) is 0.722. The zero-order chi connectivity index (χ0) is 19.6. The molecule has 2 amide bonds. The maximum atomic E-state index is 13.0. The van der Waals surface area contributed by atoms with Gasteiger partial charge in [-0.2, -0.15) is 13.2 Å². The van der Waals surface area contributed by atoms with Crippen LogP contribution in [-0.2, 0) is 6.18 Å². The highest BCUT2D eigenvalue weighted by atomic mass is 19.4. The second-order valence-corrected chi connectivity index (χ2v) is 7.70. The van der Waals surface area contributed by atoms with Crippen molar-refractivity contribution in [2.24, 2.45) is 5.92 Å². The molecule has 6 nitrogen and oxygen atoms in total. The van der Waals surface area contributed by atoms with Crippen LogP contribution in [0.3, 0.4) is 0 Å². The van der Waals surface area contributed by atoms with E-state index in [1.807, 2.05) is 18.7 Å². The number of amides is 2. The minimum atomic E-state index is -4.48. The number of carbonyl (C=O) groups is 1. The molecular formula is C18H26F3N5O. The highest BCUT2D eigenvalue weighted by Gasteiger charge is 2.39. The number of hydrogen-bond donors (Lipinski definition) is 1. The van der Waals surface area contributed by atoms with E-state index in [0.717, 1.165) is 38.1 Å². The van der Waals surface area contributed by atoms with Crippen LogP contribution in [0, 0.1) is 5.92 Å². The smallest absolute Gasteiger partial charge is 0.350 e. The van der Waals surface area contributed by atoms with E-state index in [9.17, 15) is 18.0 Å². The van der Waals surface area contributed by atoms with E-state index in [-0.39, 0.29) is 18.1 Å². The predicted octanol–water partition coefficient (Wildman–Crippen LogP) is 3.29. The predicted molar refractivity (Wildman–Crippen MR) is 95.4 cm³/mol. The molecule has 0 spiro atoms. The van der Waals surface area contributed by atoms with Gasteiger partial charge in [0.05, 0.1) is 0 Å². The van der Waals surface area contributed by atoms with Gasteiger partial charge in [-0.1, -0.05) is 13.8 Å². The van der Waals surface area contributed by atoms with Crippen molar-refractivity contribution in [2.45, 2.75) is 57.8 Å². The molecule has 2 fully saturated rings.